The van der Waals surface area contributed by atoms with Crippen molar-refractivity contribution in [3.8, 4) is 11.5 Å². The normalized spacial score (nSPS) is 17.6. The second-order valence-electron chi connectivity index (χ2n) is 6.48. The molecule has 1 aromatic carbocycles. The highest BCUT2D eigenvalue weighted by molar-refractivity contribution is 5.95. The third-order valence-electron chi connectivity index (χ3n) is 4.38. The number of ether oxygens (including phenoxy) is 2. The van der Waals surface area contributed by atoms with E-state index in [-0.39, 0.29) is 17.7 Å². The number of hydrogen-bond donors (Lipinski definition) is 0. The number of fused-ring (bicyclic) bond motifs is 1. The quantitative estimate of drug-likeness (QED) is 0.828. The first kappa shape index (κ1) is 16.6. The minimum absolute atomic E-state index is 0.00922. The van der Waals surface area contributed by atoms with Gasteiger partial charge in [-0.05, 0) is 24.6 Å². The molecule has 0 spiro atoms. The molecule has 6 heteroatoms. The number of hydrogen-bond acceptors (Lipinski definition) is 4. The summed E-state index contributed by atoms with van der Waals surface area (Å²) in [5.74, 6) is 1.43. The zero-order chi connectivity index (χ0) is 17.1. The Hall–Kier alpha value is -2.24. The molecule has 0 saturated carbocycles. The van der Waals surface area contributed by atoms with E-state index in [2.05, 4.69) is 0 Å². The molecular weight excluding hydrogens is 308 g/mol. The fraction of sp³-hybridized carbons (Fsp3) is 0.556. The van der Waals surface area contributed by atoms with Crippen LogP contribution in [-0.4, -0.2) is 61.0 Å². The van der Waals surface area contributed by atoms with Crippen molar-refractivity contribution >= 4 is 11.8 Å². The Balaban J connectivity index is 1.68. The van der Waals surface area contributed by atoms with Gasteiger partial charge in [0, 0.05) is 37.7 Å². The van der Waals surface area contributed by atoms with E-state index in [1.165, 1.54) is 0 Å². The first-order chi connectivity index (χ1) is 11.6. The standard InChI is InChI=1S/C18H24N2O4/c1-13(2)17(21)19-6-3-7-20(9-8-19)18(22)14-4-5-15-16(12-14)24-11-10-23-15/h4-5,12-13H,3,6-11H2,1-2H3. The van der Waals surface area contributed by atoms with Crippen molar-refractivity contribution in [2.45, 2.75) is 20.3 Å². The fourth-order valence-corrected chi connectivity index (χ4v) is 3.07. The summed E-state index contributed by atoms with van der Waals surface area (Å²) in [6, 6.07) is 5.31. The lowest BCUT2D eigenvalue weighted by Crippen LogP contribution is -2.39. The second-order valence-corrected chi connectivity index (χ2v) is 6.48. The Morgan fingerprint density at radius 1 is 0.958 bits per heavy atom. The van der Waals surface area contributed by atoms with Crippen LogP contribution >= 0.6 is 0 Å². The van der Waals surface area contributed by atoms with Crippen LogP contribution < -0.4 is 9.47 Å². The predicted octanol–water partition coefficient (Wildman–Crippen LogP) is 1.79. The average molecular weight is 332 g/mol. The smallest absolute Gasteiger partial charge is 0.254 e. The van der Waals surface area contributed by atoms with Crippen molar-refractivity contribution in [2.75, 3.05) is 39.4 Å². The summed E-state index contributed by atoms with van der Waals surface area (Å²) in [7, 11) is 0. The average Bonchev–Trinajstić information content (AvgIpc) is 2.86. The number of rotatable bonds is 2. The maximum Gasteiger partial charge on any atom is 0.254 e. The van der Waals surface area contributed by atoms with Gasteiger partial charge in [0.15, 0.2) is 11.5 Å². The summed E-state index contributed by atoms with van der Waals surface area (Å²) in [5, 5.41) is 0. The van der Waals surface area contributed by atoms with Gasteiger partial charge in [-0.25, -0.2) is 0 Å². The molecule has 6 nitrogen and oxygen atoms in total. The van der Waals surface area contributed by atoms with E-state index in [0.29, 0.717) is 56.5 Å². The van der Waals surface area contributed by atoms with Crippen LogP contribution in [0.2, 0.25) is 0 Å². The zero-order valence-electron chi connectivity index (χ0n) is 14.3. The lowest BCUT2D eigenvalue weighted by atomic mass is 10.1. The van der Waals surface area contributed by atoms with Crippen molar-refractivity contribution in [3.63, 3.8) is 0 Å². The molecule has 0 radical (unpaired) electrons. The molecule has 2 heterocycles. The van der Waals surface area contributed by atoms with Crippen LogP contribution in [0.15, 0.2) is 18.2 Å². The fourth-order valence-electron chi connectivity index (χ4n) is 3.07. The van der Waals surface area contributed by atoms with Gasteiger partial charge < -0.3 is 19.3 Å². The van der Waals surface area contributed by atoms with E-state index in [1.807, 2.05) is 23.6 Å². The highest BCUT2D eigenvalue weighted by Gasteiger charge is 2.25. The largest absolute Gasteiger partial charge is 0.486 e. The molecule has 1 aromatic rings. The summed E-state index contributed by atoms with van der Waals surface area (Å²) in [4.78, 5) is 28.6. The minimum atomic E-state index is -0.0224. The molecule has 0 unspecified atom stereocenters. The monoisotopic (exact) mass is 332 g/mol. The molecule has 1 fully saturated rings. The Bertz CT molecular complexity index is 629. The van der Waals surface area contributed by atoms with E-state index in [1.54, 1.807) is 18.2 Å². The number of amides is 2. The van der Waals surface area contributed by atoms with Crippen molar-refractivity contribution in [1.29, 1.82) is 0 Å². The minimum Gasteiger partial charge on any atom is -0.486 e. The first-order valence-corrected chi connectivity index (χ1v) is 8.54. The zero-order valence-corrected chi connectivity index (χ0v) is 14.3. The van der Waals surface area contributed by atoms with Crippen LogP contribution in [0.1, 0.15) is 30.6 Å². The molecule has 130 valence electrons. The Labute approximate surface area is 142 Å². The van der Waals surface area contributed by atoms with Gasteiger partial charge in [0.25, 0.3) is 5.91 Å². The van der Waals surface area contributed by atoms with E-state index >= 15 is 0 Å². The Kier molecular flexibility index (Phi) is 4.92. The molecule has 2 amide bonds. The molecule has 0 atom stereocenters. The highest BCUT2D eigenvalue weighted by atomic mass is 16.6. The third kappa shape index (κ3) is 3.47. The van der Waals surface area contributed by atoms with Gasteiger partial charge >= 0.3 is 0 Å². The maximum absolute atomic E-state index is 12.8. The Morgan fingerprint density at radius 2 is 1.62 bits per heavy atom. The van der Waals surface area contributed by atoms with Crippen LogP contribution in [0.3, 0.4) is 0 Å². The van der Waals surface area contributed by atoms with Gasteiger partial charge in [0.2, 0.25) is 5.91 Å². The lowest BCUT2D eigenvalue weighted by Gasteiger charge is -2.24. The molecule has 0 N–H and O–H groups in total. The van der Waals surface area contributed by atoms with Crippen LogP contribution in [0.5, 0.6) is 11.5 Å². The summed E-state index contributed by atoms with van der Waals surface area (Å²) in [6.07, 6.45) is 0.800. The number of carbonyl (C=O) groups is 2. The molecule has 1 saturated heterocycles. The van der Waals surface area contributed by atoms with Crippen molar-refractivity contribution < 1.29 is 19.1 Å². The molecule has 24 heavy (non-hydrogen) atoms. The van der Waals surface area contributed by atoms with Crippen LogP contribution in [-0.2, 0) is 4.79 Å². The van der Waals surface area contributed by atoms with Gasteiger partial charge in [0.05, 0.1) is 0 Å². The topological polar surface area (TPSA) is 59.1 Å². The van der Waals surface area contributed by atoms with Gasteiger partial charge in [-0.15, -0.1) is 0 Å². The van der Waals surface area contributed by atoms with Gasteiger partial charge in [0.1, 0.15) is 13.2 Å². The van der Waals surface area contributed by atoms with Crippen molar-refractivity contribution in [1.82, 2.24) is 9.80 Å². The van der Waals surface area contributed by atoms with Crippen LogP contribution in [0.4, 0.5) is 0 Å². The van der Waals surface area contributed by atoms with Gasteiger partial charge in [-0.2, -0.15) is 0 Å². The molecule has 2 aliphatic heterocycles. The lowest BCUT2D eigenvalue weighted by molar-refractivity contribution is -0.134. The van der Waals surface area contributed by atoms with E-state index in [4.69, 9.17) is 9.47 Å². The number of benzene rings is 1. The molecule has 0 bridgehead atoms. The molecule has 2 aliphatic rings. The summed E-state index contributed by atoms with van der Waals surface area (Å²) in [5.41, 5.74) is 0.600. The molecular formula is C18H24N2O4. The van der Waals surface area contributed by atoms with E-state index in [9.17, 15) is 9.59 Å². The third-order valence-corrected chi connectivity index (χ3v) is 4.38. The molecule has 3 rings (SSSR count). The van der Waals surface area contributed by atoms with E-state index in [0.717, 1.165) is 6.42 Å². The maximum atomic E-state index is 12.8. The summed E-state index contributed by atoms with van der Waals surface area (Å²) in [6.45, 7) is 7.37. The van der Waals surface area contributed by atoms with E-state index < -0.39 is 0 Å². The first-order valence-electron chi connectivity index (χ1n) is 8.54. The Morgan fingerprint density at radius 3 is 2.38 bits per heavy atom. The van der Waals surface area contributed by atoms with Crippen LogP contribution in [0, 0.1) is 5.92 Å². The van der Waals surface area contributed by atoms with Crippen molar-refractivity contribution in [3.05, 3.63) is 23.8 Å². The van der Waals surface area contributed by atoms with Gasteiger partial charge in [-0.3, -0.25) is 9.59 Å². The molecule has 0 aliphatic carbocycles. The van der Waals surface area contributed by atoms with Gasteiger partial charge in [-0.1, -0.05) is 13.8 Å². The van der Waals surface area contributed by atoms with Crippen molar-refractivity contribution in [2.24, 2.45) is 5.92 Å². The SMILES string of the molecule is CC(C)C(=O)N1CCCN(C(=O)c2ccc3c(c2)OCCO3)CC1. The number of carbonyl (C=O) groups excluding carboxylic acids is 2. The van der Waals surface area contributed by atoms with Crippen LogP contribution in [0.25, 0.3) is 0 Å². The predicted molar refractivity (Wildman–Crippen MR) is 89.4 cm³/mol. The highest BCUT2D eigenvalue weighted by Crippen LogP contribution is 2.31. The molecule has 0 aromatic heterocycles. The summed E-state index contributed by atoms with van der Waals surface area (Å²) >= 11 is 0. The second kappa shape index (κ2) is 7.11. The summed E-state index contributed by atoms with van der Waals surface area (Å²) < 4.78 is 11.0. The number of nitrogens with zero attached hydrogens (tertiary/aromatic N) is 2.